The molecule has 0 aromatic carbocycles. The van der Waals surface area contributed by atoms with Crippen molar-refractivity contribution in [2.24, 2.45) is 16.1 Å². The molecule has 4 amide bonds. The van der Waals surface area contributed by atoms with E-state index in [4.69, 9.17) is 5.73 Å². The van der Waals surface area contributed by atoms with Crippen molar-refractivity contribution in [2.75, 3.05) is 32.7 Å². The van der Waals surface area contributed by atoms with Gasteiger partial charge in [0.15, 0.2) is 0 Å². The molecule has 0 aromatic heterocycles. The highest BCUT2D eigenvalue weighted by Crippen LogP contribution is 2.23. The molecule has 30 heavy (non-hydrogen) atoms. The second-order valence-electron chi connectivity index (χ2n) is 8.86. The maximum Gasteiger partial charge on any atom is 0.320 e. The van der Waals surface area contributed by atoms with Gasteiger partial charge in [0.25, 0.3) is 5.91 Å². The number of piperazine rings is 1. The van der Waals surface area contributed by atoms with Crippen molar-refractivity contribution in [1.82, 2.24) is 14.7 Å². The maximum absolute atomic E-state index is 13.1. The van der Waals surface area contributed by atoms with Gasteiger partial charge < -0.3 is 25.5 Å². The Hall–Kier alpha value is -2.58. The summed E-state index contributed by atoms with van der Waals surface area (Å²) in [5, 5.41) is 10.1. The number of piperidine rings is 1. The number of hydrogen-bond donors (Lipinski definition) is 2. The number of carbonyl (C=O) groups is 3. The highest BCUT2D eigenvalue weighted by molar-refractivity contribution is 6.02. The van der Waals surface area contributed by atoms with Crippen LogP contribution in [0.4, 0.5) is 4.79 Å². The van der Waals surface area contributed by atoms with Gasteiger partial charge in [-0.05, 0) is 19.3 Å². The predicted molar refractivity (Wildman–Crippen MR) is 117 cm³/mol. The van der Waals surface area contributed by atoms with E-state index in [1.807, 2.05) is 27.7 Å². The van der Waals surface area contributed by atoms with E-state index in [0.29, 0.717) is 45.6 Å². The zero-order chi connectivity index (χ0) is 22.5. The minimum atomic E-state index is -0.662. The molecule has 1 atom stereocenters. The predicted octanol–water partition coefficient (Wildman–Crippen LogP) is 2.13. The monoisotopic (exact) mass is 423 g/mol. The zero-order valence-electron chi connectivity index (χ0n) is 18.6. The molecule has 2 saturated heterocycles. The second kappa shape index (κ2) is 9.95. The first-order valence-electron chi connectivity index (χ1n) is 10.7. The lowest BCUT2D eigenvalue weighted by Crippen LogP contribution is -2.57. The lowest BCUT2D eigenvalue weighted by Gasteiger charge is -2.40. The van der Waals surface area contributed by atoms with Gasteiger partial charge in [-0.15, -0.1) is 0 Å². The van der Waals surface area contributed by atoms with E-state index in [9.17, 15) is 19.5 Å². The Morgan fingerprint density at radius 1 is 1.10 bits per heavy atom. The highest BCUT2D eigenvalue weighted by Gasteiger charge is 2.35. The fourth-order valence-corrected chi connectivity index (χ4v) is 3.56. The molecule has 170 valence electrons. The summed E-state index contributed by atoms with van der Waals surface area (Å²) in [6.07, 6.45) is 3.93. The highest BCUT2D eigenvalue weighted by atomic mass is 16.3. The van der Waals surface area contributed by atoms with E-state index in [1.165, 1.54) is 6.08 Å². The van der Waals surface area contributed by atoms with Gasteiger partial charge in [0, 0.05) is 52.1 Å². The van der Waals surface area contributed by atoms with Gasteiger partial charge in [0.2, 0.25) is 5.91 Å². The lowest BCUT2D eigenvalue weighted by atomic mass is 9.93. The summed E-state index contributed by atoms with van der Waals surface area (Å²) in [5.41, 5.74) is 5.34. The molecule has 9 nitrogen and oxygen atoms in total. The maximum atomic E-state index is 13.1. The standard InChI is InChI=1S/C21H35N5O4.H2/c1-5-18(28)24-10-12-25(13-11-24)20(30)26-9-7-6-8-15(26)19(29)23-17(22)14-16(27)21(2,3)4;/h14-15,27H,5-13H2,1-4H3,(H2,22,23,29);1H/b16-14-;/t15-;/m0./s1. The summed E-state index contributed by atoms with van der Waals surface area (Å²) in [4.78, 5) is 46.7. The Bertz CT molecular complexity index is 724. The van der Waals surface area contributed by atoms with Gasteiger partial charge in [0.05, 0.1) is 0 Å². The van der Waals surface area contributed by atoms with Gasteiger partial charge in [-0.2, -0.15) is 4.99 Å². The number of amidine groups is 1. The first kappa shape index (κ1) is 23.7. The van der Waals surface area contributed by atoms with Crippen molar-refractivity contribution < 1.29 is 20.9 Å². The largest absolute Gasteiger partial charge is 0.512 e. The third-order valence-electron chi connectivity index (χ3n) is 5.53. The van der Waals surface area contributed by atoms with Crippen LogP contribution in [0.25, 0.3) is 0 Å². The molecule has 9 heteroatoms. The number of rotatable bonds is 3. The number of allylic oxidation sites excluding steroid dienone is 1. The fourth-order valence-electron chi connectivity index (χ4n) is 3.56. The van der Waals surface area contributed by atoms with Gasteiger partial charge in [-0.1, -0.05) is 27.7 Å². The summed E-state index contributed by atoms with van der Waals surface area (Å²) in [5.74, 6) is -0.424. The minimum absolute atomic E-state index is 0. The van der Waals surface area contributed by atoms with Gasteiger partial charge >= 0.3 is 6.03 Å². The van der Waals surface area contributed by atoms with Gasteiger partial charge in [0.1, 0.15) is 17.6 Å². The molecule has 0 radical (unpaired) electrons. The summed E-state index contributed by atoms with van der Waals surface area (Å²) in [6, 6.07) is -0.858. The van der Waals surface area contributed by atoms with Crippen LogP contribution < -0.4 is 5.73 Å². The quantitative estimate of drug-likeness (QED) is 0.409. The summed E-state index contributed by atoms with van der Waals surface area (Å²) < 4.78 is 0. The third-order valence-corrected chi connectivity index (χ3v) is 5.53. The van der Waals surface area contributed by atoms with Crippen LogP contribution in [0.1, 0.15) is 54.8 Å². The molecule has 0 unspecified atom stereocenters. The van der Waals surface area contributed by atoms with Crippen LogP contribution in [0.5, 0.6) is 0 Å². The Morgan fingerprint density at radius 3 is 2.27 bits per heavy atom. The van der Waals surface area contributed by atoms with Crippen LogP contribution in [-0.4, -0.2) is 82.3 Å². The average molecular weight is 424 g/mol. The number of nitrogens with two attached hydrogens (primary N) is 1. The Morgan fingerprint density at radius 2 is 1.70 bits per heavy atom. The average Bonchev–Trinajstić information content (AvgIpc) is 2.71. The SMILES string of the molecule is CCC(=O)N1CCN(C(=O)N2CCCC[C@H]2C(=O)N=C(N)/C=C(\O)C(C)(C)C)CC1.[HH]. The summed E-state index contributed by atoms with van der Waals surface area (Å²) in [6.45, 7) is 9.70. The van der Waals surface area contributed by atoms with Crippen LogP contribution in [0.15, 0.2) is 16.8 Å². The van der Waals surface area contributed by atoms with Crippen LogP contribution in [0.3, 0.4) is 0 Å². The normalized spacial score (nSPS) is 21.6. The molecule has 0 saturated carbocycles. The number of likely N-dealkylation sites (tertiary alicyclic amines) is 1. The van der Waals surface area contributed by atoms with Crippen LogP contribution in [-0.2, 0) is 9.59 Å². The van der Waals surface area contributed by atoms with Crippen molar-refractivity contribution in [3.63, 3.8) is 0 Å². The lowest BCUT2D eigenvalue weighted by molar-refractivity contribution is -0.132. The van der Waals surface area contributed by atoms with Crippen molar-refractivity contribution in [3.05, 3.63) is 11.8 Å². The molecular formula is C21H37N5O4. The second-order valence-corrected chi connectivity index (χ2v) is 8.86. The number of hydrogen-bond acceptors (Lipinski definition) is 4. The number of carbonyl (C=O) groups excluding carboxylic acids is 3. The Labute approximate surface area is 180 Å². The minimum Gasteiger partial charge on any atom is -0.512 e. The number of aliphatic hydroxyl groups excluding tert-OH is 1. The number of aliphatic imine (C=N–C) groups is 1. The van der Waals surface area contributed by atoms with Gasteiger partial charge in [-0.3, -0.25) is 9.59 Å². The number of amides is 4. The van der Waals surface area contributed by atoms with E-state index in [-0.39, 0.29) is 25.0 Å². The third kappa shape index (κ3) is 5.96. The topological polar surface area (TPSA) is 120 Å². The molecule has 2 fully saturated rings. The zero-order valence-corrected chi connectivity index (χ0v) is 18.6. The fraction of sp³-hybridized carbons (Fsp3) is 0.714. The molecule has 0 bridgehead atoms. The molecule has 2 aliphatic rings. The van der Waals surface area contributed by atoms with E-state index < -0.39 is 17.4 Å². The van der Waals surface area contributed by atoms with Crippen LogP contribution in [0.2, 0.25) is 0 Å². The Balaban J connectivity index is 0.00000480. The number of nitrogens with zero attached hydrogens (tertiary/aromatic N) is 4. The number of aliphatic hydroxyl groups is 1. The molecule has 2 rings (SSSR count). The Kier molecular flexibility index (Phi) is 7.86. The molecule has 0 aromatic rings. The van der Waals surface area contributed by atoms with E-state index in [0.717, 1.165) is 12.8 Å². The smallest absolute Gasteiger partial charge is 0.320 e. The summed E-state index contributed by atoms with van der Waals surface area (Å²) in [7, 11) is 0. The molecule has 0 spiro atoms. The molecule has 2 heterocycles. The van der Waals surface area contributed by atoms with Crippen LogP contribution >= 0.6 is 0 Å². The van der Waals surface area contributed by atoms with Crippen molar-refractivity contribution in [1.29, 1.82) is 0 Å². The van der Waals surface area contributed by atoms with Crippen LogP contribution in [0, 0.1) is 5.41 Å². The molecule has 2 aliphatic heterocycles. The first-order chi connectivity index (χ1) is 14.0. The van der Waals surface area contributed by atoms with E-state index in [2.05, 4.69) is 4.99 Å². The molecule has 3 N–H and O–H groups in total. The van der Waals surface area contributed by atoms with Crippen molar-refractivity contribution in [2.45, 2.75) is 59.4 Å². The number of urea groups is 1. The van der Waals surface area contributed by atoms with E-state index >= 15 is 0 Å². The summed E-state index contributed by atoms with van der Waals surface area (Å²) >= 11 is 0. The van der Waals surface area contributed by atoms with Crippen molar-refractivity contribution in [3.8, 4) is 0 Å². The molecular weight excluding hydrogens is 386 g/mol. The first-order valence-corrected chi connectivity index (χ1v) is 10.7. The van der Waals surface area contributed by atoms with Crippen molar-refractivity contribution >= 4 is 23.7 Å². The van der Waals surface area contributed by atoms with E-state index in [1.54, 1.807) is 14.7 Å². The molecule has 0 aliphatic carbocycles. The van der Waals surface area contributed by atoms with Gasteiger partial charge in [-0.25, -0.2) is 4.79 Å².